The summed E-state index contributed by atoms with van der Waals surface area (Å²) in [6.45, 7) is 1.76. The molecule has 0 saturated heterocycles. The van der Waals surface area contributed by atoms with Crippen LogP contribution in [0.2, 0.25) is 10.0 Å². The van der Waals surface area contributed by atoms with Crippen LogP contribution in [0.3, 0.4) is 0 Å². The topological polar surface area (TPSA) is 44.7 Å². The summed E-state index contributed by atoms with van der Waals surface area (Å²) in [6, 6.07) is 12.6. The van der Waals surface area contributed by atoms with Crippen LogP contribution in [0.4, 0.5) is 5.69 Å². The summed E-state index contributed by atoms with van der Waals surface area (Å²) in [5, 5.41) is 6.85. The van der Waals surface area contributed by atoms with Gasteiger partial charge in [-0.05, 0) is 35.9 Å². The maximum atomic E-state index is 12.4. The third-order valence-electron chi connectivity index (χ3n) is 3.98. The third kappa shape index (κ3) is 3.27. The molecule has 2 aromatic rings. The molecule has 4 rings (SSSR count). The van der Waals surface area contributed by atoms with Crippen molar-refractivity contribution in [3.63, 3.8) is 0 Å². The number of benzene rings is 2. The van der Waals surface area contributed by atoms with Gasteiger partial charge in [0.2, 0.25) is 0 Å². The van der Waals surface area contributed by atoms with E-state index in [1.807, 2.05) is 24.3 Å². The molecule has 2 aliphatic heterocycles. The lowest BCUT2D eigenvalue weighted by Gasteiger charge is -2.17. The number of carbonyl (C=O) groups is 1. The number of aliphatic imine (C=N–C) groups is 1. The van der Waals surface area contributed by atoms with Gasteiger partial charge in [-0.25, -0.2) is 0 Å². The number of carbonyl (C=O) groups excluding carboxylic acids is 1. The van der Waals surface area contributed by atoms with Crippen molar-refractivity contribution < 1.29 is 4.79 Å². The molecule has 1 N–H and O–H groups in total. The number of amides is 1. The first-order chi connectivity index (χ1) is 12.1. The molecule has 0 atom stereocenters. The second-order valence-corrected chi connectivity index (χ2v) is 7.27. The lowest BCUT2D eigenvalue weighted by atomic mass is 10.1. The molecule has 25 heavy (non-hydrogen) atoms. The van der Waals surface area contributed by atoms with Gasteiger partial charge in [0.25, 0.3) is 5.91 Å². The molecule has 0 spiro atoms. The van der Waals surface area contributed by atoms with E-state index in [2.05, 4.69) is 20.6 Å². The van der Waals surface area contributed by atoms with Crippen molar-refractivity contribution in [2.24, 2.45) is 4.99 Å². The highest BCUT2D eigenvalue weighted by atomic mass is 35.5. The van der Waals surface area contributed by atoms with Gasteiger partial charge in [0.15, 0.2) is 5.17 Å². The van der Waals surface area contributed by atoms with E-state index in [9.17, 15) is 4.79 Å². The maximum absolute atomic E-state index is 12.4. The van der Waals surface area contributed by atoms with Gasteiger partial charge in [-0.1, -0.05) is 47.1 Å². The summed E-state index contributed by atoms with van der Waals surface area (Å²) in [6.07, 6.45) is 0. The third-order valence-corrected chi connectivity index (χ3v) is 5.45. The zero-order chi connectivity index (χ0) is 17.4. The molecule has 126 valence electrons. The Morgan fingerprint density at radius 1 is 1.16 bits per heavy atom. The van der Waals surface area contributed by atoms with Crippen LogP contribution >= 0.6 is 35.0 Å². The molecule has 0 fully saturated rings. The first-order valence-electron chi connectivity index (χ1n) is 7.67. The van der Waals surface area contributed by atoms with Crippen LogP contribution in [0.1, 0.15) is 15.9 Å². The summed E-state index contributed by atoms with van der Waals surface area (Å²) < 4.78 is 0. The molecule has 0 unspecified atom stereocenters. The molecule has 4 nitrogen and oxygen atoms in total. The van der Waals surface area contributed by atoms with Gasteiger partial charge in [0.05, 0.1) is 22.8 Å². The standard InChI is InChI=1S/C18H13Cl2N3OS/c19-12-3-6-15(20)14(9-12)17(24)22-13-4-1-11(2-5-13)16-10-25-18-21-7-8-23(16)18/h1-6,9-10H,7-8H2,(H,22,24). The number of halogens is 2. The van der Waals surface area contributed by atoms with E-state index in [0.717, 1.165) is 29.5 Å². The Morgan fingerprint density at radius 2 is 1.96 bits per heavy atom. The van der Waals surface area contributed by atoms with Gasteiger partial charge in [0.1, 0.15) is 0 Å². The second kappa shape index (κ2) is 6.75. The molecular weight excluding hydrogens is 377 g/mol. The summed E-state index contributed by atoms with van der Waals surface area (Å²) in [7, 11) is 0. The number of anilines is 1. The van der Waals surface area contributed by atoms with Crippen molar-refractivity contribution >= 4 is 57.4 Å². The molecule has 0 aromatic heterocycles. The zero-order valence-corrected chi connectivity index (χ0v) is 15.3. The van der Waals surface area contributed by atoms with Crippen LogP contribution < -0.4 is 5.32 Å². The summed E-state index contributed by atoms with van der Waals surface area (Å²) in [5.41, 5.74) is 3.30. The van der Waals surface area contributed by atoms with E-state index in [1.165, 1.54) is 0 Å². The highest BCUT2D eigenvalue weighted by Crippen LogP contribution is 2.35. The number of thioether (sulfide) groups is 1. The number of hydrogen-bond donors (Lipinski definition) is 1. The van der Waals surface area contributed by atoms with Crippen molar-refractivity contribution in [2.75, 3.05) is 18.4 Å². The number of amidine groups is 1. The van der Waals surface area contributed by atoms with Crippen molar-refractivity contribution in [3.05, 3.63) is 69.0 Å². The summed E-state index contributed by atoms with van der Waals surface area (Å²) in [5.74, 6) is -0.287. The Balaban J connectivity index is 1.50. The minimum Gasteiger partial charge on any atom is -0.322 e. The average Bonchev–Trinajstić information content (AvgIpc) is 3.21. The van der Waals surface area contributed by atoms with Gasteiger partial charge >= 0.3 is 0 Å². The smallest absolute Gasteiger partial charge is 0.257 e. The lowest BCUT2D eigenvalue weighted by Crippen LogP contribution is -2.19. The van der Waals surface area contributed by atoms with E-state index < -0.39 is 0 Å². The number of rotatable bonds is 3. The quantitative estimate of drug-likeness (QED) is 0.806. The van der Waals surface area contributed by atoms with Crippen molar-refractivity contribution in [1.29, 1.82) is 0 Å². The highest BCUT2D eigenvalue weighted by Gasteiger charge is 2.26. The lowest BCUT2D eigenvalue weighted by molar-refractivity contribution is 0.102. The van der Waals surface area contributed by atoms with Crippen LogP contribution in [0.5, 0.6) is 0 Å². The molecule has 2 aromatic carbocycles. The number of nitrogens with one attached hydrogen (secondary N) is 1. The van der Waals surface area contributed by atoms with Gasteiger partial charge in [-0.3, -0.25) is 9.79 Å². The fourth-order valence-corrected chi connectivity index (χ4v) is 4.08. The molecule has 2 heterocycles. The Bertz CT molecular complexity index is 909. The molecule has 1 amide bonds. The van der Waals surface area contributed by atoms with E-state index in [-0.39, 0.29) is 5.91 Å². The van der Waals surface area contributed by atoms with E-state index in [1.54, 1.807) is 30.0 Å². The molecule has 7 heteroatoms. The molecule has 0 saturated carbocycles. The number of fused-ring (bicyclic) bond motifs is 1. The van der Waals surface area contributed by atoms with Crippen LogP contribution in [0.25, 0.3) is 5.70 Å². The Morgan fingerprint density at radius 3 is 2.76 bits per heavy atom. The Kier molecular flexibility index (Phi) is 4.46. The van der Waals surface area contributed by atoms with E-state index in [4.69, 9.17) is 23.2 Å². The van der Waals surface area contributed by atoms with Gasteiger partial charge in [0, 0.05) is 22.7 Å². The Labute approximate surface area is 159 Å². The molecular formula is C18H13Cl2N3OS. The minimum absolute atomic E-state index is 0.287. The predicted molar refractivity (Wildman–Crippen MR) is 105 cm³/mol. The van der Waals surface area contributed by atoms with Gasteiger partial charge < -0.3 is 10.2 Å². The zero-order valence-electron chi connectivity index (χ0n) is 13.0. The first-order valence-corrected chi connectivity index (χ1v) is 9.31. The second-order valence-electron chi connectivity index (χ2n) is 5.59. The molecule has 2 aliphatic rings. The van der Waals surface area contributed by atoms with Gasteiger partial charge in [-0.2, -0.15) is 0 Å². The maximum Gasteiger partial charge on any atom is 0.257 e. The summed E-state index contributed by atoms with van der Waals surface area (Å²) in [4.78, 5) is 19.0. The normalized spacial score (nSPS) is 15.7. The predicted octanol–water partition coefficient (Wildman–Crippen LogP) is 4.96. The minimum atomic E-state index is -0.287. The molecule has 0 bridgehead atoms. The monoisotopic (exact) mass is 389 g/mol. The highest BCUT2D eigenvalue weighted by molar-refractivity contribution is 8.16. The first kappa shape index (κ1) is 16.5. The van der Waals surface area contributed by atoms with Crippen LogP contribution in [0, 0.1) is 0 Å². The fourth-order valence-electron chi connectivity index (χ4n) is 2.74. The fraction of sp³-hybridized carbons (Fsp3) is 0.111. The molecule has 0 aliphatic carbocycles. The number of hydrogen-bond acceptors (Lipinski definition) is 4. The van der Waals surface area contributed by atoms with Crippen LogP contribution in [-0.2, 0) is 0 Å². The van der Waals surface area contributed by atoms with Gasteiger partial charge in [-0.15, -0.1) is 0 Å². The van der Waals surface area contributed by atoms with Crippen molar-refractivity contribution in [1.82, 2.24) is 4.90 Å². The summed E-state index contributed by atoms with van der Waals surface area (Å²) >= 11 is 13.7. The molecule has 0 radical (unpaired) electrons. The van der Waals surface area contributed by atoms with E-state index >= 15 is 0 Å². The van der Waals surface area contributed by atoms with Crippen LogP contribution in [-0.4, -0.2) is 29.1 Å². The number of nitrogens with zero attached hydrogens (tertiary/aromatic N) is 2. The van der Waals surface area contributed by atoms with Crippen molar-refractivity contribution in [2.45, 2.75) is 0 Å². The van der Waals surface area contributed by atoms with Crippen LogP contribution in [0.15, 0.2) is 52.9 Å². The van der Waals surface area contributed by atoms with E-state index in [0.29, 0.717) is 21.3 Å². The largest absolute Gasteiger partial charge is 0.322 e. The SMILES string of the molecule is O=C(Nc1ccc(C2=CSC3=NCCN23)cc1)c1cc(Cl)ccc1Cl. The average molecular weight is 390 g/mol. The van der Waals surface area contributed by atoms with Crippen molar-refractivity contribution in [3.8, 4) is 0 Å². The Hall–Kier alpha value is -1.95.